The zero-order valence-corrected chi connectivity index (χ0v) is 13.4. The van der Waals surface area contributed by atoms with Crippen LogP contribution in [0, 0.1) is 0 Å². The molecule has 1 aromatic carbocycles. The summed E-state index contributed by atoms with van der Waals surface area (Å²) in [5.41, 5.74) is 0.702. The topological polar surface area (TPSA) is 83.6 Å². The molecule has 0 aliphatic rings. The van der Waals surface area contributed by atoms with Crippen LogP contribution < -0.4 is 5.32 Å². The highest BCUT2D eigenvalue weighted by atomic mass is 19.4. The predicted molar refractivity (Wildman–Crippen MR) is 88.0 cm³/mol. The lowest BCUT2D eigenvalue weighted by atomic mass is 10.1. The van der Waals surface area contributed by atoms with Gasteiger partial charge in [0.15, 0.2) is 5.82 Å². The summed E-state index contributed by atoms with van der Waals surface area (Å²) in [6.45, 7) is 0. The minimum absolute atomic E-state index is 0.102. The molecule has 2 aromatic heterocycles. The highest BCUT2D eigenvalue weighted by Gasteiger charge is 2.29. The van der Waals surface area contributed by atoms with E-state index in [0.717, 1.165) is 17.7 Å². The maximum Gasteiger partial charge on any atom is 0.416 e. The Hall–Kier alpha value is -3.23. The molecule has 0 aliphatic carbocycles. The fraction of sp³-hybridized carbons (Fsp3) is 0.176. The molecule has 2 heterocycles. The van der Waals surface area contributed by atoms with Gasteiger partial charge in [0.05, 0.1) is 5.56 Å². The van der Waals surface area contributed by atoms with Crippen LogP contribution in [0.15, 0.2) is 48.8 Å². The number of carbonyl (C=O) groups is 1. The van der Waals surface area contributed by atoms with Crippen molar-refractivity contribution in [2.75, 3.05) is 5.32 Å². The summed E-state index contributed by atoms with van der Waals surface area (Å²) in [5.74, 6) is 0.296. The van der Waals surface area contributed by atoms with Gasteiger partial charge in [-0.15, -0.1) is 5.10 Å². The maximum absolute atomic E-state index is 12.5. The number of rotatable bonds is 5. The highest BCUT2D eigenvalue weighted by Crippen LogP contribution is 2.29. The molecule has 26 heavy (non-hydrogen) atoms. The Morgan fingerprint density at radius 3 is 2.42 bits per heavy atom. The van der Waals surface area contributed by atoms with E-state index in [4.69, 9.17) is 0 Å². The van der Waals surface area contributed by atoms with Crippen LogP contribution in [0.3, 0.4) is 0 Å². The summed E-state index contributed by atoms with van der Waals surface area (Å²) in [6.07, 6.45) is -0.732. The Kier molecular flexibility index (Phi) is 4.97. The second kappa shape index (κ2) is 7.34. The summed E-state index contributed by atoms with van der Waals surface area (Å²) in [5, 5.41) is 9.17. The van der Waals surface area contributed by atoms with E-state index in [1.54, 1.807) is 24.5 Å². The lowest BCUT2D eigenvalue weighted by Gasteiger charge is -2.07. The first-order valence-corrected chi connectivity index (χ1v) is 7.70. The Morgan fingerprint density at radius 1 is 1.08 bits per heavy atom. The molecule has 0 saturated carbocycles. The van der Waals surface area contributed by atoms with Crippen molar-refractivity contribution >= 4 is 11.9 Å². The highest BCUT2D eigenvalue weighted by molar-refractivity contribution is 5.89. The second-order valence-electron chi connectivity index (χ2n) is 5.49. The van der Waals surface area contributed by atoms with Gasteiger partial charge in [0.2, 0.25) is 11.9 Å². The number of benzene rings is 1. The van der Waals surface area contributed by atoms with Crippen LogP contribution in [-0.4, -0.2) is 26.1 Å². The number of anilines is 1. The number of pyridine rings is 1. The number of aryl methyl sites for hydroxylation is 1. The van der Waals surface area contributed by atoms with Crippen molar-refractivity contribution in [3.63, 3.8) is 0 Å². The zero-order valence-electron chi connectivity index (χ0n) is 13.4. The Balaban J connectivity index is 1.54. The molecule has 0 atom stereocenters. The summed E-state index contributed by atoms with van der Waals surface area (Å²) in [4.78, 5) is 20.0. The lowest BCUT2D eigenvalue weighted by Crippen LogP contribution is -2.13. The van der Waals surface area contributed by atoms with Crippen LogP contribution in [0.25, 0.3) is 11.4 Å². The lowest BCUT2D eigenvalue weighted by molar-refractivity contribution is -0.137. The number of aromatic nitrogens is 4. The van der Waals surface area contributed by atoms with E-state index in [1.807, 2.05) is 0 Å². The molecule has 3 aromatic rings. The first-order valence-electron chi connectivity index (χ1n) is 7.70. The fourth-order valence-electron chi connectivity index (χ4n) is 2.26. The van der Waals surface area contributed by atoms with E-state index < -0.39 is 11.7 Å². The quantitative estimate of drug-likeness (QED) is 0.729. The van der Waals surface area contributed by atoms with Gasteiger partial charge >= 0.3 is 6.18 Å². The number of hydrogen-bond donors (Lipinski definition) is 2. The largest absolute Gasteiger partial charge is 0.416 e. The van der Waals surface area contributed by atoms with E-state index in [0.29, 0.717) is 17.8 Å². The number of hydrogen-bond acceptors (Lipinski definition) is 4. The number of H-pyrrole nitrogens is 1. The van der Waals surface area contributed by atoms with Gasteiger partial charge in [-0.1, -0.05) is 12.1 Å². The monoisotopic (exact) mass is 361 g/mol. The number of halogens is 3. The van der Waals surface area contributed by atoms with Crippen molar-refractivity contribution in [2.45, 2.75) is 19.0 Å². The van der Waals surface area contributed by atoms with E-state index >= 15 is 0 Å². The number of alkyl halides is 3. The number of nitrogens with one attached hydrogen (secondary N) is 2. The first kappa shape index (κ1) is 17.6. The van der Waals surface area contributed by atoms with Crippen LogP contribution in [0.5, 0.6) is 0 Å². The van der Waals surface area contributed by atoms with Crippen molar-refractivity contribution in [3.05, 3.63) is 59.9 Å². The average Bonchev–Trinajstić information content (AvgIpc) is 3.09. The average molecular weight is 361 g/mol. The number of nitrogens with zero attached hydrogens (tertiary/aromatic N) is 3. The van der Waals surface area contributed by atoms with Gasteiger partial charge in [0.1, 0.15) is 0 Å². The summed E-state index contributed by atoms with van der Waals surface area (Å²) in [6, 6.07) is 8.23. The Labute approximate surface area is 146 Å². The molecular formula is C17H14F3N5O. The SMILES string of the molecule is O=C(CCc1ccc(C(F)(F)F)cc1)Nc1n[nH]c(-c2ccncc2)n1. The molecule has 0 unspecified atom stereocenters. The molecule has 9 heteroatoms. The number of carbonyl (C=O) groups excluding carboxylic acids is 1. The molecule has 0 saturated heterocycles. The normalized spacial score (nSPS) is 11.3. The van der Waals surface area contributed by atoms with Crippen molar-refractivity contribution in [1.82, 2.24) is 20.2 Å². The third-order valence-corrected chi connectivity index (χ3v) is 3.61. The molecule has 3 rings (SSSR count). The van der Waals surface area contributed by atoms with Crippen molar-refractivity contribution in [2.24, 2.45) is 0 Å². The minimum Gasteiger partial charge on any atom is -0.293 e. The van der Waals surface area contributed by atoms with Crippen LogP contribution in [0.2, 0.25) is 0 Å². The molecule has 0 aliphatic heterocycles. The van der Waals surface area contributed by atoms with Gasteiger partial charge in [-0.2, -0.15) is 18.2 Å². The van der Waals surface area contributed by atoms with E-state index in [2.05, 4.69) is 25.5 Å². The molecule has 0 spiro atoms. The van der Waals surface area contributed by atoms with Crippen LogP contribution >= 0.6 is 0 Å². The molecular weight excluding hydrogens is 347 g/mol. The standard InChI is InChI=1S/C17H14F3N5O/c18-17(19,20)13-4-1-11(2-5-13)3-6-14(26)22-16-23-15(24-25-16)12-7-9-21-10-8-12/h1-2,4-5,7-10H,3,6H2,(H2,22,23,24,25,26). The van der Waals surface area contributed by atoms with E-state index in [9.17, 15) is 18.0 Å². The maximum atomic E-state index is 12.5. The van der Waals surface area contributed by atoms with E-state index in [1.165, 1.54) is 12.1 Å². The van der Waals surface area contributed by atoms with Gasteiger partial charge < -0.3 is 0 Å². The summed E-state index contributed by atoms with van der Waals surface area (Å²) >= 11 is 0. The Bertz CT molecular complexity index is 875. The number of amides is 1. The minimum atomic E-state index is -4.37. The van der Waals surface area contributed by atoms with Gasteiger partial charge in [-0.25, -0.2) is 0 Å². The van der Waals surface area contributed by atoms with Gasteiger partial charge in [0, 0.05) is 24.4 Å². The molecule has 0 fully saturated rings. The molecule has 0 radical (unpaired) electrons. The van der Waals surface area contributed by atoms with Crippen LogP contribution in [-0.2, 0) is 17.4 Å². The second-order valence-corrected chi connectivity index (χ2v) is 5.49. The number of aromatic amines is 1. The first-order chi connectivity index (χ1) is 12.4. The van der Waals surface area contributed by atoms with Gasteiger partial charge in [-0.05, 0) is 36.2 Å². The van der Waals surface area contributed by atoms with Crippen LogP contribution in [0.4, 0.5) is 19.1 Å². The molecule has 6 nitrogen and oxygen atoms in total. The van der Waals surface area contributed by atoms with Crippen molar-refractivity contribution < 1.29 is 18.0 Å². The fourth-order valence-corrected chi connectivity index (χ4v) is 2.26. The van der Waals surface area contributed by atoms with Crippen LogP contribution in [0.1, 0.15) is 17.5 Å². The molecule has 0 bridgehead atoms. The van der Waals surface area contributed by atoms with E-state index in [-0.39, 0.29) is 18.3 Å². The van der Waals surface area contributed by atoms with Crippen molar-refractivity contribution in [1.29, 1.82) is 0 Å². The van der Waals surface area contributed by atoms with Gasteiger partial charge in [-0.3, -0.25) is 20.2 Å². The van der Waals surface area contributed by atoms with Crippen molar-refractivity contribution in [3.8, 4) is 11.4 Å². The summed E-state index contributed by atoms with van der Waals surface area (Å²) < 4.78 is 37.5. The smallest absolute Gasteiger partial charge is 0.293 e. The predicted octanol–water partition coefficient (Wildman–Crippen LogP) is 3.46. The van der Waals surface area contributed by atoms with Gasteiger partial charge in [0.25, 0.3) is 0 Å². The third kappa shape index (κ3) is 4.44. The molecule has 2 N–H and O–H groups in total. The molecule has 1 amide bonds. The zero-order chi connectivity index (χ0) is 18.6. The Morgan fingerprint density at radius 2 is 1.77 bits per heavy atom. The third-order valence-electron chi connectivity index (χ3n) is 3.61. The summed E-state index contributed by atoms with van der Waals surface area (Å²) in [7, 11) is 0. The molecule has 134 valence electrons.